The summed E-state index contributed by atoms with van der Waals surface area (Å²) in [7, 11) is 1.80. The highest BCUT2D eigenvalue weighted by molar-refractivity contribution is 5.79. The molecule has 92 valence electrons. The molecule has 0 saturated heterocycles. The first kappa shape index (κ1) is 11.7. The predicted molar refractivity (Wildman–Crippen MR) is 65.7 cm³/mol. The maximum Gasteiger partial charge on any atom is 0.191 e. The van der Waals surface area contributed by atoms with Gasteiger partial charge in [0.2, 0.25) is 0 Å². The molecule has 16 heavy (non-hydrogen) atoms. The number of rotatable bonds is 5. The Morgan fingerprint density at radius 3 is 3.06 bits per heavy atom. The van der Waals surface area contributed by atoms with Gasteiger partial charge in [-0.3, -0.25) is 4.99 Å². The number of nitrogens with one attached hydrogen (secondary N) is 2. The fourth-order valence-electron chi connectivity index (χ4n) is 2.20. The Labute approximate surface area is 97.9 Å². The molecule has 2 aliphatic rings. The zero-order chi connectivity index (χ0) is 11.3. The van der Waals surface area contributed by atoms with Crippen LogP contribution in [0.4, 0.5) is 0 Å². The van der Waals surface area contributed by atoms with Crippen molar-refractivity contribution >= 4 is 5.96 Å². The van der Waals surface area contributed by atoms with E-state index < -0.39 is 0 Å². The van der Waals surface area contributed by atoms with Crippen molar-refractivity contribution in [3.8, 4) is 0 Å². The summed E-state index contributed by atoms with van der Waals surface area (Å²) >= 11 is 0. The van der Waals surface area contributed by atoms with Crippen molar-refractivity contribution in [1.29, 1.82) is 0 Å². The van der Waals surface area contributed by atoms with Gasteiger partial charge in [0, 0.05) is 26.7 Å². The summed E-state index contributed by atoms with van der Waals surface area (Å²) in [6.07, 6.45) is 6.26. The Kier molecular flexibility index (Phi) is 4.04. The third-order valence-electron chi connectivity index (χ3n) is 3.50. The molecule has 1 aliphatic heterocycles. The molecule has 0 atom stereocenters. The fraction of sp³-hybridized carbons (Fsp3) is 0.917. The molecular weight excluding hydrogens is 202 g/mol. The molecule has 1 aliphatic carbocycles. The molecule has 2 N–H and O–H groups in total. The van der Waals surface area contributed by atoms with Gasteiger partial charge in [-0.25, -0.2) is 0 Å². The quantitative estimate of drug-likeness (QED) is 0.737. The van der Waals surface area contributed by atoms with E-state index in [2.05, 4.69) is 15.6 Å². The molecule has 0 radical (unpaired) electrons. The average Bonchev–Trinajstić information content (AvgIpc) is 3.05. The van der Waals surface area contributed by atoms with Crippen LogP contribution in [-0.2, 0) is 4.74 Å². The van der Waals surface area contributed by atoms with E-state index in [4.69, 9.17) is 4.74 Å². The van der Waals surface area contributed by atoms with Crippen molar-refractivity contribution in [3.63, 3.8) is 0 Å². The van der Waals surface area contributed by atoms with E-state index in [0.29, 0.717) is 5.41 Å². The second-order valence-electron chi connectivity index (χ2n) is 4.97. The number of nitrogens with zero attached hydrogens (tertiary/aromatic N) is 1. The smallest absolute Gasteiger partial charge is 0.191 e. The van der Waals surface area contributed by atoms with E-state index in [9.17, 15) is 0 Å². The van der Waals surface area contributed by atoms with Gasteiger partial charge in [-0.1, -0.05) is 0 Å². The van der Waals surface area contributed by atoms with Crippen LogP contribution in [0.1, 0.15) is 32.1 Å². The molecule has 0 aromatic rings. The van der Waals surface area contributed by atoms with E-state index in [1.165, 1.54) is 32.1 Å². The van der Waals surface area contributed by atoms with E-state index in [1.807, 2.05) is 0 Å². The molecule has 1 heterocycles. The summed E-state index contributed by atoms with van der Waals surface area (Å²) < 4.78 is 5.26. The van der Waals surface area contributed by atoms with Gasteiger partial charge in [0.15, 0.2) is 5.96 Å². The zero-order valence-electron chi connectivity index (χ0n) is 10.2. The van der Waals surface area contributed by atoms with Crippen LogP contribution in [-0.4, -0.2) is 39.3 Å². The van der Waals surface area contributed by atoms with Gasteiger partial charge >= 0.3 is 0 Å². The van der Waals surface area contributed by atoms with Crippen LogP contribution in [0, 0.1) is 5.41 Å². The SMILES string of the molecule is COCC1(CCNC2=NCCCCN2)CC1. The van der Waals surface area contributed by atoms with Crippen LogP contribution in [0.3, 0.4) is 0 Å². The lowest BCUT2D eigenvalue weighted by atomic mass is 10.0. The summed E-state index contributed by atoms with van der Waals surface area (Å²) in [5.41, 5.74) is 0.479. The Morgan fingerprint density at radius 1 is 1.44 bits per heavy atom. The molecule has 0 amide bonds. The zero-order valence-corrected chi connectivity index (χ0v) is 10.2. The van der Waals surface area contributed by atoms with Crippen LogP contribution in [0.15, 0.2) is 4.99 Å². The van der Waals surface area contributed by atoms with Gasteiger partial charge in [0.25, 0.3) is 0 Å². The number of ether oxygens (including phenoxy) is 1. The standard InChI is InChI=1S/C12H23N3O/c1-16-10-12(4-5-12)6-9-15-11-13-7-2-3-8-14-11/h2-10H2,1H3,(H2,13,14,15). The topological polar surface area (TPSA) is 45.6 Å². The molecule has 0 spiro atoms. The first-order valence-corrected chi connectivity index (χ1v) is 6.36. The van der Waals surface area contributed by atoms with E-state index in [0.717, 1.165) is 32.2 Å². The van der Waals surface area contributed by atoms with Crippen LogP contribution < -0.4 is 10.6 Å². The molecule has 0 aromatic carbocycles. The summed E-state index contributed by atoms with van der Waals surface area (Å²) in [6, 6.07) is 0. The van der Waals surface area contributed by atoms with Gasteiger partial charge in [-0.2, -0.15) is 0 Å². The molecule has 0 unspecified atom stereocenters. The van der Waals surface area contributed by atoms with Crippen molar-refractivity contribution < 1.29 is 4.74 Å². The van der Waals surface area contributed by atoms with Gasteiger partial charge in [0.05, 0.1) is 6.61 Å². The van der Waals surface area contributed by atoms with Crippen molar-refractivity contribution in [2.75, 3.05) is 33.4 Å². The largest absolute Gasteiger partial charge is 0.384 e. The molecule has 0 aromatic heterocycles. The van der Waals surface area contributed by atoms with E-state index in [1.54, 1.807) is 7.11 Å². The van der Waals surface area contributed by atoms with Crippen LogP contribution in [0.2, 0.25) is 0 Å². The predicted octanol–water partition coefficient (Wildman–Crippen LogP) is 1.13. The number of methoxy groups -OCH3 is 1. The number of hydrogen-bond donors (Lipinski definition) is 2. The maximum atomic E-state index is 5.26. The highest BCUT2D eigenvalue weighted by Crippen LogP contribution is 2.48. The van der Waals surface area contributed by atoms with Crippen molar-refractivity contribution in [2.24, 2.45) is 10.4 Å². The van der Waals surface area contributed by atoms with Crippen LogP contribution >= 0.6 is 0 Å². The van der Waals surface area contributed by atoms with E-state index in [-0.39, 0.29) is 0 Å². The lowest BCUT2D eigenvalue weighted by Gasteiger charge is -2.15. The van der Waals surface area contributed by atoms with E-state index >= 15 is 0 Å². The van der Waals surface area contributed by atoms with Crippen LogP contribution in [0.5, 0.6) is 0 Å². The molecular formula is C12H23N3O. The van der Waals surface area contributed by atoms with Crippen molar-refractivity contribution in [1.82, 2.24) is 10.6 Å². The maximum absolute atomic E-state index is 5.26. The molecule has 0 bridgehead atoms. The molecule has 2 rings (SSSR count). The molecule has 4 nitrogen and oxygen atoms in total. The molecule has 4 heteroatoms. The number of guanidine groups is 1. The Bertz CT molecular complexity index is 249. The Hall–Kier alpha value is -0.770. The third-order valence-corrected chi connectivity index (χ3v) is 3.50. The summed E-state index contributed by atoms with van der Waals surface area (Å²) in [6.45, 7) is 3.93. The Morgan fingerprint density at radius 2 is 2.31 bits per heavy atom. The first-order valence-electron chi connectivity index (χ1n) is 6.36. The highest BCUT2D eigenvalue weighted by atomic mass is 16.5. The summed E-state index contributed by atoms with van der Waals surface area (Å²) in [4.78, 5) is 4.47. The highest BCUT2D eigenvalue weighted by Gasteiger charge is 2.41. The second-order valence-corrected chi connectivity index (χ2v) is 4.97. The molecule has 1 fully saturated rings. The lowest BCUT2D eigenvalue weighted by Crippen LogP contribution is -2.38. The van der Waals surface area contributed by atoms with Crippen molar-refractivity contribution in [2.45, 2.75) is 32.1 Å². The average molecular weight is 225 g/mol. The van der Waals surface area contributed by atoms with Crippen LogP contribution in [0.25, 0.3) is 0 Å². The number of aliphatic imine (C=N–C) groups is 1. The van der Waals surface area contributed by atoms with Gasteiger partial charge < -0.3 is 15.4 Å². The lowest BCUT2D eigenvalue weighted by molar-refractivity contribution is 0.137. The van der Waals surface area contributed by atoms with Gasteiger partial charge in [-0.05, 0) is 37.5 Å². The summed E-state index contributed by atoms with van der Waals surface area (Å²) in [5.74, 6) is 0.991. The first-order chi connectivity index (χ1) is 7.85. The van der Waals surface area contributed by atoms with Gasteiger partial charge in [-0.15, -0.1) is 0 Å². The summed E-state index contributed by atoms with van der Waals surface area (Å²) in [5, 5.41) is 6.73. The molecule has 1 saturated carbocycles. The second kappa shape index (κ2) is 5.53. The Balaban J connectivity index is 1.65. The minimum Gasteiger partial charge on any atom is -0.384 e. The monoisotopic (exact) mass is 225 g/mol. The van der Waals surface area contributed by atoms with Gasteiger partial charge in [0.1, 0.15) is 0 Å². The minimum atomic E-state index is 0.479. The number of hydrogen-bond acceptors (Lipinski definition) is 4. The fourth-order valence-corrected chi connectivity index (χ4v) is 2.20. The minimum absolute atomic E-state index is 0.479. The van der Waals surface area contributed by atoms with Crippen molar-refractivity contribution in [3.05, 3.63) is 0 Å². The third kappa shape index (κ3) is 3.37. The normalized spacial score (nSPS) is 22.9.